The molecule has 0 aromatic heterocycles. The number of rotatable bonds is 3. The summed E-state index contributed by atoms with van der Waals surface area (Å²) >= 11 is 0. The normalized spacial score (nSPS) is 23.2. The number of benzene rings is 3. The van der Waals surface area contributed by atoms with Crippen LogP contribution in [0.25, 0.3) is 0 Å². The summed E-state index contributed by atoms with van der Waals surface area (Å²) < 4.78 is 26.8. The van der Waals surface area contributed by atoms with Gasteiger partial charge in [-0.3, -0.25) is 14.4 Å². The van der Waals surface area contributed by atoms with E-state index in [2.05, 4.69) is 0 Å². The second-order valence-corrected chi connectivity index (χ2v) is 7.20. The van der Waals surface area contributed by atoms with Crippen molar-refractivity contribution in [3.05, 3.63) is 96.1 Å². The zero-order valence-corrected chi connectivity index (χ0v) is 15.6. The fraction of sp³-hybridized carbons (Fsp3) is 0.130. The molecule has 0 spiro atoms. The Hall–Kier alpha value is -3.58. The smallest absolute Gasteiger partial charge is 0.266 e. The van der Waals surface area contributed by atoms with Crippen molar-refractivity contribution in [1.82, 2.24) is 0 Å². The van der Waals surface area contributed by atoms with Crippen molar-refractivity contribution in [2.24, 2.45) is 5.92 Å². The molecule has 7 heteroatoms. The lowest BCUT2D eigenvalue weighted by Crippen LogP contribution is -2.37. The molecule has 2 aliphatic rings. The molecule has 0 bridgehead atoms. The highest BCUT2D eigenvalue weighted by molar-refractivity contribution is 6.23. The van der Waals surface area contributed by atoms with E-state index in [9.17, 15) is 18.4 Å². The molecule has 3 aromatic rings. The predicted molar refractivity (Wildman–Crippen MR) is 105 cm³/mol. The molecular weight excluding hydrogens is 390 g/mol. The second kappa shape index (κ2) is 7.03. The summed E-state index contributed by atoms with van der Waals surface area (Å²) in [7, 11) is 0. The number of imide groups is 1. The average Bonchev–Trinajstić information content (AvgIpc) is 3.27. The van der Waals surface area contributed by atoms with Crippen LogP contribution < -0.4 is 9.96 Å². The molecule has 0 saturated carbocycles. The van der Waals surface area contributed by atoms with Crippen LogP contribution in [0.4, 0.5) is 20.2 Å². The molecule has 3 aromatic carbocycles. The number of carbonyl (C=O) groups excluding carboxylic acids is 2. The third-order valence-electron chi connectivity index (χ3n) is 5.42. The number of hydrogen-bond donors (Lipinski definition) is 0. The molecule has 30 heavy (non-hydrogen) atoms. The van der Waals surface area contributed by atoms with Crippen LogP contribution in [0.3, 0.4) is 0 Å². The van der Waals surface area contributed by atoms with Gasteiger partial charge in [-0.2, -0.15) is 0 Å². The Morgan fingerprint density at radius 3 is 1.93 bits per heavy atom. The summed E-state index contributed by atoms with van der Waals surface area (Å²) in [4.78, 5) is 33.4. The van der Waals surface area contributed by atoms with Gasteiger partial charge in [0.25, 0.3) is 5.91 Å². The molecule has 2 fully saturated rings. The van der Waals surface area contributed by atoms with Gasteiger partial charge >= 0.3 is 0 Å². The number of halogens is 2. The van der Waals surface area contributed by atoms with Gasteiger partial charge in [-0.25, -0.2) is 18.7 Å². The van der Waals surface area contributed by atoms with Crippen LogP contribution in [0.5, 0.6) is 0 Å². The van der Waals surface area contributed by atoms with Gasteiger partial charge in [0, 0.05) is 0 Å². The SMILES string of the molecule is O=C1[C@H]2[C@@H](c3ccc(F)cc3)N(c3ccccc3)O[C@H]2C(=O)N1c1ccc(F)cc1. The van der Waals surface area contributed by atoms with Gasteiger partial charge in [0.05, 0.1) is 17.4 Å². The maximum absolute atomic E-state index is 13.5. The maximum Gasteiger partial charge on any atom is 0.266 e. The monoisotopic (exact) mass is 406 g/mol. The molecule has 2 aliphatic heterocycles. The molecule has 5 nitrogen and oxygen atoms in total. The summed E-state index contributed by atoms with van der Waals surface area (Å²) in [6, 6.07) is 19.4. The van der Waals surface area contributed by atoms with E-state index in [1.54, 1.807) is 17.2 Å². The van der Waals surface area contributed by atoms with Gasteiger partial charge in [0.15, 0.2) is 6.10 Å². The van der Waals surface area contributed by atoms with E-state index in [0.29, 0.717) is 11.3 Å². The fourth-order valence-corrected chi connectivity index (χ4v) is 4.06. The third kappa shape index (κ3) is 2.86. The van der Waals surface area contributed by atoms with Crippen molar-refractivity contribution in [1.29, 1.82) is 0 Å². The minimum absolute atomic E-state index is 0.286. The van der Waals surface area contributed by atoms with Gasteiger partial charge in [0.2, 0.25) is 5.91 Å². The van der Waals surface area contributed by atoms with E-state index in [1.165, 1.54) is 36.4 Å². The quantitative estimate of drug-likeness (QED) is 0.617. The summed E-state index contributed by atoms with van der Waals surface area (Å²) in [5.41, 5.74) is 1.61. The van der Waals surface area contributed by atoms with Crippen LogP contribution in [0.1, 0.15) is 11.6 Å². The van der Waals surface area contributed by atoms with Crippen molar-refractivity contribution in [2.45, 2.75) is 12.1 Å². The molecule has 3 atom stereocenters. The average molecular weight is 406 g/mol. The highest BCUT2D eigenvalue weighted by Gasteiger charge is 2.60. The lowest BCUT2D eigenvalue weighted by atomic mass is 9.90. The first-order valence-corrected chi connectivity index (χ1v) is 9.44. The zero-order valence-electron chi connectivity index (χ0n) is 15.6. The molecule has 2 heterocycles. The first-order valence-electron chi connectivity index (χ1n) is 9.44. The van der Waals surface area contributed by atoms with Crippen molar-refractivity contribution in [3.63, 3.8) is 0 Å². The van der Waals surface area contributed by atoms with E-state index >= 15 is 0 Å². The largest absolute Gasteiger partial charge is 0.273 e. The minimum Gasteiger partial charge on any atom is -0.273 e. The van der Waals surface area contributed by atoms with E-state index < -0.39 is 41.5 Å². The van der Waals surface area contributed by atoms with Gasteiger partial charge < -0.3 is 0 Å². The topological polar surface area (TPSA) is 49.9 Å². The summed E-state index contributed by atoms with van der Waals surface area (Å²) in [6.07, 6.45) is -1.03. The summed E-state index contributed by atoms with van der Waals surface area (Å²) in [6.45, 7) is 0. The number of amides is 2. The van der Waals surface area contributed by atoms with Crippen molar-refractivity contribution < 1.29 is 23.2 Å². The van der Waals surface area contributed by atoms with Crippen molar-refractivity contribution in [2.75, 3.05) is 9.96 Å². The van der Waals surface area contributed by atoms with Gasteiger partial charge in [-0.05, 0) is 54.1 Å². The molecule has 0 aliphatic carbocycles. The summed E-state index contributed by atoms with van der Waals surface area (Å²) in [5.74, 6) is -2.64. The Morgan fingerprint density at radius 1 is 0.700 bits per heavy atom. The van der Waals surface area contributed by atoms with E-state index in [-0.39, 0.29) is 5.69 Å². The van der Waals surface area contributed by atoms with E-state index in [4.69, 9.17) is 4.84 Å². The zero-order chi connectivity index (χ0) is 20.8. The molecule has 0 N–H and O–H groups in total. The number of para-hydroxylation sites is 1. The van der Waals surface area contributed by atoms with Crippen molar-refractivity contribution >= 4 is 23.2 Å². The minimum atomic E-state index is -1.03. The Kier molecular flexibility index (Phi) is 4.33. The van der Waals surface area contributed by atoms with Crippen LogP contribution in [-0.2, 0) is 14.4 Å². The highest BCUT2D eigenvalue weighted by atomic mass is 19.1. The number of hydrogen-bond acceptors (Lipinski definition) is 4. The molecule has 0 radical (unpaired) electrons. The molecule has 5 rings (SSSR count). The predicted octanol–water partition coefficient (Wildman–Crippen LogP) is 4.02. The summed E-state index contributed by atoms with van der Waals surface area (Å²) in [5, 5.41) is 1.54. The molecule has 2 amide bonds. The van der Waals surface area contributed by atoms with Crippen LogP contribution in [0.15, 0.2) is 78.9 Å². The lowest BCUT2D eigenvalue weighted by molar-refractivity contribution is -0.126. The van der Waals surface area contributed by atoms with Crippen LogP contribution >= 0.6 is 0 Å². The van der Waals surface area contributed by atoms with Crippen LogP contribution in [0, 0.1) is 17.6 Å². The Bertz CT molecular complexity index is 1100. The van der Waals surface area contributed by atoms with Crippen LogP contribution in [-0.4, -0.2) is 17.9 Å². The first kappa shape index (κ1) is 18.4. The van der Waals surface area contributed by atoms with E-state index in [0.717, 1.165) is 4.90 Å². The number of fused-ring (bicyclic) bond motifs is 1. The molecular formula is C23H16F2N2O3. The molecule has 0 unspecified atom stereocenters. The standard InChI is InChI=1S/C23H16F2N2O3/c24-15-8-6-14(7-9-15)20-19-21(30-27(20)18-4-2-1-3-5-18)23(29)26(22(19)28)17-12-10-16(25)11-13-17/h1-13,19-21H/t19-,20+,21+/m0/s1. The first-order chi connectivity index (χ1) is 14.5. The van der Waals surface area contributed by atoms with Gasteiger partial charge in [-0.15, -0.1) is 0 Å². The number of hydroxylamine groups is 1. The Morgan fingerprint density at radius 2 is 1.30 bits per heavy atom. The molecule has 150 valence electrons. The van der Waals surface area contributed by atoms with Gasteiger partial charge in [-0.1, -0.05) is 30.3 Å². The number of nitrogens with zero attached hydrogens (tertiary/aromatic N) is 2. The molecule has 2 saturated heterocycles. The lowest BCUT2D eigenvalue weighted by Gasteiger charge is -2.28. The van der Waals surface area contributed by atoms with Crippen molar-refractivity contribution in [3.8, 4) is 0 Å². The Labute approximate surface area is 171 Å². The highest BCUT2D eigenvalue weighted by Crippen LogP contribution is 2.47. The fourth-order valence-electron chi connectivity index (χ4n) is 4.06. The van der Waals surface area contributed by atoms with E-state index in [1.807, 2.05) is 30.3 Å². The van der Waals surface area contributed by atoms with Gasteiger partial charge in [0.1, 0.15) is 17.6 Å². The Balaban J connectivity index is 1.58. The maximum atomic E-state index is 13.5. The van der Waals surface area contributed by atoms with Crippen LogP contribution in [0.2, 0.25) is 0 Å². The number of anilines is 2. The third-order valence-corrected chi connectivity index (χ3v) is 5.42. The second-order valence-electron chi connectivity index (χ2n) is 7.20. The number of carbonyl (C=O) groups is 2.